The summed E-state index contributed by atoms with van der Waals surface area (Å²) in [6, 6.07) is 1.71. The Morgan fingerprint density at radius 1 is 1.73 bits per heavy atom. The van der Waals surface area contributed by atoms with Crippen LogP contribution in [0.4, 0.5) is 11.4 Å². The van der Waals surface area contributed by atoms with Crippen LogP contribution in [0.15, 0.2) is 18.5 Å². The summed E-state index contributed by atoms with van der Waals surface area (Å²) in [5, 5.41) is 11.7. The molecule has 0 amide bonds. The van der Waals surface area contributed by atoms with Gasteiger partial charge in [-0.05, 0) is 12.9 Å². The van der Waals surface area contributed by atoms with Crippen molar-refractivity contribution in [2.45, 2.75) is 6.82 Å². The molecule has 4 nitrogen and oxygen atoms in total. The molecule has 0 aliphatic rings. The van der Waals surface area contributed by atoms with Crippen LogP contribution < -0.4 is 11.0 Å². The first-order valence-electron chi connectivity index (χ1n) is 3.34. The van der Waals surface area contributed by atoms with Gasteiger partial charge in [0.2, 0.25) is 0 Å². The van der Waals surface area contributed by atoms with E-state index < -0.39 is 7.05 Å². The Bertz CT molecular complexity index is 241. The number of anilines is 2. The van der Waals surface area contributed by atoms with E-state index in [1.54, 1.807) is 19.1 Å². The first kappa shape index (κ1) is 7.88. The van der Waals surface area contributed by atoms with Crippen LogP contribution >= 0.6 is 0 Å². The molecule has 0 saturated carbocycles. The van der Waals surface area contributed by atoms with Crippen molar-refractivity contribution in [2.75, 3.05) is 11.0 Å². The molecule has 1 aromatic heterocycles. The molecule has 0 spiro atoms. The fourth-order valence-electron chi connectivity index (χ4n) is 0.763. The summed E-state index contributed by atoms with van der Waals surface area (Å²) in [7, 11) is -0.598. The van der Waals surface area contributed by atoms with E-state index in [2.05, 4.69) is 10.2 Å². The Morgan fingerprint density at radius 3 is 3.00 bits per heavy atom. The normalized spacial score (nSPS) is 9.27. The molecule has 5 heteroatoms. The number of hydrogen-bond donors (Lipinski definition) is 3. The maximum Gasteiger partial charge on any atom is 0.406 e. The third-order valence-electron chi connectivity index (χ3n) is 1.22. The monoisotopic (exact) mass is 151 g/mol. The lowest BCUT2D eigenvalue weighted by molar-refractivity contribution is 0.587. The van der Waals surface area contributed by atoms with Gasteiger partial charge in [0.25, 0.3) is 0 Å². The van der Waals surface area contributed by atoms with Gasteiger partial charge in [0, 0.05) is 6.20 Å². The Balaban J connectivity index is 2.78. The van der Waals surface area contributed by atoms with Crippen molar-refractivity contribution < 1.29 is 5.02 Å². The first-order chi connectivity index (χ1) is 5.20. The van der Waals surface area contributed by atoms with Gasteiger partial charge in [-0.25, -0.2) is 0 Å². The summed E-state index contributed by atoms with van der Waals surface area (Å²) in [6.45, 7) is 1.62. The molecule has 1 aromatic rings. The van der Waals surface area contributed by atoms with Crippen molar-refractivity contribution in [1.29, 1.82) is 0 Å². The minimum Gasteiger partial charge on any atom is -0.433 e. The highest BCUT2D eigenvalue weighted by molar-refractivity contribution is 6.53. The summed E-state index contributed by atoms with van der Waals surface area (Å²) in [5.41, 5.74) is 6.77. The number of aromatic nitrogens is 1. The smallest absolute Gasteiger partial charge is 0.406 e. The summed E-state index contributed by atoms with van der Waals surface area (Å²) < 4.78 is 0. The van der Waals surface area contributed by atoms with E-state index in [0.717, 1.165) is 0 Å². The molecule has 0 unspecified atom stereocenters. The number of nitrogens with zero attached hydrogens (tertiary/aromatic N) is 1. The molecule has 0 radical (unpaired) electrons. The second-order valence-electron chi connectivity index (χ2n) is 2.28. The molecule has 0 fully saturated rings. The third kappa shape index (κ3) is 2.12. The predicted molar refractivity (Wildman–Crippen MR) is 46.1 cm³/mol. The van der Waals surface area contributed by atoms with Crippen LogP contribution in [0.3, 0.4) is 0 Å². The van der Waals surface area contributed by atoms with E-state index in [9.17, 15) is 0 Å². The quantitative estimate of drug-likeness (QED) is 0.527. The molecular weight excluding hydrogens is 141 g/mol. The highest BCUT2D eigenvalue weighted by Gasteiger charge is 2.04. The van der Waals surface area contributed by atoms with Gasteiger partial charge in [0.1, 0.15) is 0 Å². The molecular formula is C6H10BN3O. The Hall–Kier alpha value is -1.23. The van der Waals surface area contributed by atoms with Crippen LogP contribution in [0.1, 0.15) is 0 Å². The average Bonchev–Trinajstić information content (AvgIpc) is 1.93. The topological polar surface area (TPSA) is 71.2 Å². The fraction of sp³-hybridized carbons (Fsp3) is 0.167. The molecule has 0 aromatic carbocycles. The Labute approximate surface area is 65.6 Å². The summed E-state index contributed by atoms with van der Waals surface area (Å²) in [6.07, 6.45) is 3.14. The maximum absolute atomic E-state index is 8.94. The van der Waals surface area contributed by atoms with Crippen molar-refractivity contribution in [1.82, 2.24) is 4.98 Å². The van der Waals surface area contributed by atoms with Gasteiger partial charge in [-0.3, -0.25) is 4.98 Å². The standard InChI is InChI=1S/C6H10BN3O/c1-7(11)10-6-2-3-9-4-5(6)8/h2-4,11H,8H2,1H3,(H,9,10). The first-order valence-corrected chi connectivity index (χ1v) is 3.34. The van der Waals surface area contributed by atoms with E-state index in [1.807, 2.05) is 0 Å². The van der Waals surface area contributed by atoms with Crippen LogP contribution in [-0.2, 0) is 0 Å². The minimum absolute atomic E-state index is 0.536. The zero-order valence-electron chi connectivity index (χ0n) is 6.28. The van der Waals surface area contributed by atoms with E-state index in [-0.39, 0.29) is 0 Å². The van der Waals surface area contributed by atoms with E-state index in [1.165, 1.54) is 6.20 Å². The number of hydrogen-bond acceptors (Lipinski definition) is 4. The Kier molecular flexibility index (Phi) is 2.33. The van der Waals surface area contributed by atoms with Gasteiger partial charge in [-0.15, -0.1) is 0 Å². The summed E-state index contributed by atoms with van der Waals surface area (Å²) >= 11 is 0. The highest BCUT2D eigenvalue weighted by atomic mass is 16.2. The molecule has 0 aliphatic heterocycles. The van der Waals surface area contributed by atoms with Crippen LogP contribution in [-0.4, -0.2) is 17.1 Å². The van der Waals surface area contributed by atoms with Gasteiger partial charge in [-0.2, -0.15) is 0 Å². The van der Waals surface area contributed by atoms with Crippen LogP contribution in [0, 0.1) is 0 Å². The zero-order valence-corrected chi connectivity index (χ0v) is 6.28. The van der Waals surface area contributed by atoms with Crippen molar-refractivity contribution in [2.24, 2.45) is 0 Å². The van der Waals surface area contributed by atoms with Crippen molar-refractivity contribution in [3.05, 3.63) is 18.5 Å². The molecule has 4 N–H and O–H groups in total. The number of nitrogens with two attached hydrogens (primary N) is 1. The number of rotatable bonds is 2. The Morgan fingerprint density at radius 2 is 2.45 bits per heavy atom. The SMILES string of the molecule is CB(O)Nc1ccncc1N. The molecule has 0 aliphatic carbocycles. The van der Waals surface area contributed by atoms with Gasteiger partial charge >= 0.3 is 7.05 Å². The van der Waals surface area contributed by atoms with Crippen LogP contribution in [0.25, 0.3) is 0 Å². The second-order valence-corrected chi connectivity index (χ2v) is 2.28. The van der Waals surface area contributed by atoms with Crippen molar-refractivity contribution in [3.8, 4) is 0 Å². The van der Waals surface area contributed by atoms with Crippen molar-refractivity contribution in [3.63, 3.8) is 0 Å². The van der Waals surface area contributed by atoms with Gasteiger partial charge < -0.3 is 16.0 Å². The molecule has 0 saturated heterocycles. The number of nitrogens with one attached hydrogen (secondary N) is 1. The highest BCUT2D eigenvalue weighted by Crippen LogP contribution is 2.14. The zero-order chi connectivity index (χ0) is 8.27. The lowest BCUT2D eigenvalue weighted by atomic mass is 9.88. The molecule has 1 heterocycles. The number of nitrogen functional groups attached to an aromatic ring is 1. The van der Waals surface area contributed by atoms with Gasteiger partial charge in [0.15, 0.2) is 0 Å². The molecule has 0 bridgehead atoms. The molecule has 1 rings (SSSR count). The minimum atomic E-state index is -0.598. The van der Waals surface area contributed by atoms with E-state index in [0.29, 0.717) is 11.4 Å². The van der Waals surface area contributed by atoms with Crippen molar-refractivity contribution >= 4 is 18.4 Å². The fourth-order valence-corrected chi connectivity index (χ4v) is 0.763. The lowest BCUT2D eigenvalue weighted by Crippen LogP contribution is -2.20. The third-order valence-corrected chi connectivity index (χ3v) is 1.22. The average molecular weight is 151 g/mol. The largest absolute Gasteiger partial charge is 0.433 e. The molecule has 11 heavy (non-hydrogen) atoms. The van der Waals surface area contributed by atoms with Gasteiger partial charge in [-0.1, -0.05) is 0 Å². The molecule has 58 valence electrons. The molecule has 0 atom stereocenters. The predicted octanol–water partition coefficient (Wildman–Crippen LogP) is 0.186. The van der Waals surface area contributed by atoms with Crippen LogP contribution in [0.5, 0.6) is 0 Å². The second kappa shape index (κ2) is 3.25. The van der Waals surface area contributed by atoms with Gasteiger partial charge in [0.05, 0.1) is 17.6 Å². The lowest BCUT2D eigenvalue weighted by Gasteiger charge is -2.07. The van der Waals surface area contributed by atoms with E-state index in [4.69, 9.17) is 10.8 Å². The number of pyridine rings is 1. The summed E-state index contributed by atoms with van der Waals surface area (Å²) in [4.78, 5) is 3.81. The van der Waals surface area contributed by atoms with E-state index >= 15 is 0 Å². The summed E-state index contributed by atoms with van der Waals surface area (Å²) in [5.74, 6) is 0. The van der Waals surface area contributed by atoms with Crippen LogP contribution in [0.2, 0.25) is 6.82 Å². The maximum atomic E-state index is 8.94.